The van der Waals surface area contributed by atoms with E-state index >= 15 is 0 Å². The van der Waals surface area contributed by atoms with E-state index in [0.29, 0.717) is 12.4 Å². The van der Waals surface area contributed by atoms with Crippen molar-refractivity contribution in [3.63, 3.8) is 0 Å². The fourth-order valence-corrected chi connectivity index (χ4v) is 2.42. The normalized spacial score (nSPS) is 30.0. The van der Waals surface area contributed by atoms with Gasteiger partial charge < -0.3 is 35.2 Å². The molecule has 1 aromatic carbocycles. The van der Waals surface area contributed by atoms with Crippen LogP contribution < -0.4 is 10.1 Å². The van der Waals surface area contributed by atoms with E-state index in [1.807, 2.05) is 0 Å². The first-order valence-electron chi connectivity index (χ1n) is 7.37. The Morgan fingerprint density at radius 2 is 2.00 bits per heavy atom. The van der Waals surface area contributed by atoms with Crippen LogP contribution in [0.15, 0.2) is 18.2 Å². The number of nitrogens with one attached hydrogen (secondary N) is 1. The third kappa shape index (κ3) is 3.74. The van der Waals surface area contributed by atoms with Gasteiger partial charge in [-0.15, -0.1) is 0 Å². The zero-order valence-corrected chi connectivity index (χ0v) is 12.9. The SMILES string of the molecule is CCOc1ccc(N[C@@H]2O[C@H](CO)[C@@H](O)[C@H](O)[C@@H]2O)c([N+](=O)[O-])c1. The van der Waals surface area contributed by atoms with Gasteiger partial charge in [0.15, 0.2) is 6.23 Å². The number of anilines is 1. The van der Waals surface area contributed by atoms with Gasteiger partial charge in [0.1, 0.15) is 35.9 Å². The van der Waals surface area contributed by atoms with Gasteiger partial charge in [-0.2, -0.15) is 0 Å². The van der Waals surface area contributed by atoms with Crippen molar-refractivity contribution >= 4 is 11.4 Å². The molecule has 0 amide bonds. The summed E-state index contributed by atoms with van der Waals surface area (Å²) in [7, 11) is 0. The number of hydrogen-bond donors (Lipinski definition) is 5. The highest BCUT2D eigenvalue weighted by Crippen LogP contribution is 2.31. The first kappa shape index (κ1) is 18.4. The minimum atomic E-state index is -1.57. The molecule has 1 aliphatic heterocycles. The lowest BCUT2D eigenvalue weighted by molar-refractivity contribution is -0.384. The van der Waals surface area contributed by atoms with Crippen molar-refractivity contribution in [2.75, 3.05) is 18.5 Å². The maximum Gasteiger partial charge on any atom is 0.296 e. The maximum absolute atomic E-state index is 11.2. The van der Waals surface area contributed by atoms with Crippen molar-refractivity contribution < 1.29 is 34.8 Å². The summed E-state index contributed by atoms with van der Waals surface area (Å²) in [6.45, 7) is 1.50. The van der Waals surface area contributed by atoms with Crippen molar-refractivity contribution in [3.05, 3.63) is 28.3 Å². The standard InChI is InChI=1S/C14H20N2O8/c1-2-23-7-3-4-8(9(5-7)16(21)22)15-14-13(20)12(19)11(18)10(6-17)24-14/h3-5,10-15,17-20H,2,6H2,1H3/t10-,11-,12+,13+,14-/m1/s1. The minimum Gasteiger partial charge on any atom is -0.494 e. The first-order valence-corrected chi connectivity index (χ1v) is 7.37. The predicted molar refractivity (Wildman–Crippen MR) is 81.7 cm³/mol. The van der Waals surface area contributed by atoms with E-state index < -0.39 is 42.2 Å². The molecule has 0 spiro atoms. The Bertz CT molecular complexity index is 582. The highest BCUT2D eigenvalue weighted by molar-refractivity contribution is 5.64. The quantitative estimate of drug-likeness (QED) is 0.329. The number of rotatable bonds is 6. The van der Waals surface area contributed by atoms with E-state index in [-0.39, 0.29) is 11.4 Å². The van der Waals surface area contributed by atoms with Gasteiger partial charge in [0, 0.05) is 0 Å². The lowest BCUT2D eigenvalue weighted by Crippen LogP contribution is -2.60. The van der Waals surface area contributed by atoms with Crippen LogP contribution in [0.25, 0.3) is 0 Å². The number of nitro benzene ring substituents is 1. The number of ether oxygens (including phenoxy) is 2. The van der Waals surface area contributed by atoms with Crippen LogP contribution in [0.3, 0.4) is 0 Å². The second-order valence-corrected chi connectivity index (χ2v) is 5.26. The highest BCUT2D eigenvalue weighted by atomic mass is 16.6. The monoisotopic (exact) mass is 344 g/mol. The van der Waals surface area contributed by atoms with Gasteiger partial charge in [-0.3, -0.25) is 10.1 Å². The second kappa shape index (κ2) is 7.73. The maximum atomic E-state index is 11.2. The summed E-state index contributed by atoms with van der Waals surface area (Å²) >= 11 is 0. The van der Waals surface area contributed by atoms with Crippen LogP contribution in [0.1, 0.15) is 6.92 Å². The van der Waals surface area contributed by atoms with Crippen LogP contribution in [0.5, 0.6) is 5.75 Å². The lowest BCUT2D eigenvalue weighted by atomic mass is 9.98. The Balaban J connectivity index is 2.24. The van der Waals surface area contributed by atoms with Gasteiger partial charge in [-0.05, 0) is 19.1 Å². The van der Waals surface area contributed by atoms with Crippen LogP contribution in [0.2, 0.25) is 0 Å². The van der Waals surface area contributed by atoms with Crippen molar-refractivity contribution in [2.45, 2.75) is 37.6 Å². The number of benzene rings is 1. The Morgan fingerprint density at radius 1 is 1.29 bits per heavy atom. The number of hydrogen-bond acceptors (Lipinski definition) is 9. The molecule has 0 radical (unpaired) electrons. The molecule has 2 rings (SSSR count). The molecule has 0 bridgehead atoms. The summed E-state index contributed by atoms with van der Waals surface area (Å²) in [6.07, 6.45) is -6.98. The Labute approximate surface area is 137 Å². The van der Waals surface area contributed by atoms with E-state index in [1.165, 1.54) is 18.2 Å². The summed E-state index contributed by atoms with van der Waals surface area (Å²) in [5.41, 5.74) is -0.273. The Hall–Kier alpha value is -1.98. The average Bonchev–Trinajstić information content (AvgIpc) is 2.56. The number of nitro groups is 1. The summed E-state index contributed by atoms with van der Waals surface area (Å²) < 4.78 is 10.5. The van der Waals surface area contributed by atoms with E-state index in [0.717, 1.165) is 0 Å². The first-order chi connectivity index (χ1) is 11.4. The van der Waals surface area contributed by atoms with Crippen molar-refractivity contribution in [1.29, 1.82) is 0 Å². The third-order valence-electron chi connectivity index (χ3n) is 3.67. The highest BCUT2D eigenvalue weighted by Gasteiger charge is 2.43. The second-order valence-electron chi connectivity index (χ2n) is 5.26. The molecule has 1 fully saturated rings. The average molecular weight is 344 g/mol. The largest absolute Gasteiger partial charge is 0.494 e. The molecule has 24 heavy (non-hydrogen) atoms. The molecule has 0 aromatic heterocycles. The molecular weight excluding hydrogens is 324 g/mol. The van der Waals surface area contributed by atoms with Crippen LogP contribution in [-0.4, -0.2) is 69.2 Å². The van der Waals surface area contributed by atoms with Crippen molar-refractivity contribution in [3.8, 4) is 5.75 Å². The van der Waals surface area contributed by atoms with Crippen LogP contribution in [0, 0.1) is 10.1 Å². The topological polar surface area (TPSA) is 155 Å². The third-order valence-corrected chi connectivity index (χ3v) is 3.67. The predicted octanol–water partition coefficient (Wildman–Crippen LogP) is -0.795. The summed E-state index contributed by atoms with van der Waals surface area (Å²) in [4.78, 5) is 10.6. The van der Waals surface area contributed by atoms with Crippen molar-refractivity contribution in [2.24, 2.45) is 0 Å². The molecule has 1 aromatic rings. The van der Waals surface area contributed by atoms with E-state index in [2.05, 4.69) is 5.32 Å². The smallest absolute Gasteiger partial charge is 0.296 e. The summed E-state index contributed by atoms with van der Waals surface area (Å²) in [6, 6.07) is 4.10. The number of aliphatic hydroxyl groups is 4. The molecule has 1 aliphatic rings. The van der Waals surface area contributed by atoms with E-state index in [1.54, 1.807) is 6.92 Å². The van der Waals surface area contributed by atoms with Crippen LogP contribution in [-0.2, 0) is 4.74 Å². The fourth-order valence-electron chi connectivity index (χ4n) is 2.42. The molecule has 1 saturated heterocycles. The van der Waals surface area contributed by atoms with Gasteiger partial charge in [0.25, 0.3) is 5.69 Å². The molecule has 0 saturated carbocycles. The van der Waals surface area contributed by atoms with Gasteiger partial charge in [-0.1, -0.05) is 0 Å². The molecule has 10 nitrogen and oxygen atoms in total. The number of nitrogens with zero attached hydrogens (tertiary/aromatic N) is 1. The molecule has 10 heteroatoms. The summed E-state index contributed by atoms with van der Waals surface area (Å²) in [5.74, 6) is 0.309. The number of aliphatic hydroxyl groups excluding tert-OH is 4. The molecular formula is C14H20N2O8. The molecule has 5 N–H and O–H groups in total. The lowest BCUT2D eigenvalue weighted by Gasteiger charge is -2.40. The molecule has 1 heterocycles. The summed E-state index contributed by atoms with van der Waals surface area (Å²) in [5, 5.41) is 52.4. The van der Waals surface area contributed by atoms with E-state index in [4.69, 9.17) is 14.6 Å². The van der Waals surface area contributed by atoms with E-state index in [9.17, 15) is 25.4 Å². The van der Waals surface area contributed by atoms with Gasteiger partial charge in [0.2, 0.25) is 0 Å². The minimum absolute atomic E-state index is 0.0350. The van der Waals surface area contributed by atoms with Gasteiger partial charge >= 0.3 is 0 Å². The van der Waals surface area contributed by atoms with Crippen LogP contribution in [0.4, 0.5) is 11.4 Å². The molecule has 0 unspecified atom stereocenters. The molecule has 0 aliphatic carbocycles. The fraction of sp³-hybridized carbons (Fsp3) is 0.571. The molecule has 5 atom stereocenters. The van der Waals surface area contributed by atoms with Gasteiger partial charge in [0.05, 0.1) is 24.2 Å². The van der Waals surface area contributed by atoms with Gasteiger partial charge in [-0.25, -0.2) is 0 Å². The Morgan fingerprint density at radius 3 is 2.58 bits per heavy atom. The molecule has 134 valence electrons. The van der Waals surface area contributed by atoms with Crippen molar-refractivity contribution in [1.82, 2.24) is 0 Å². The zero-order chi connectivity index (χ0) is 17.9. The van der Waals surface area contributed by atoms with Crippen LogP contribution >= 0.6 is 0 Å². The zero-order valence-electron chi connectivity index (χ0n) is 12.9. The Kier molecular flexibility index (Phi) is 5.91.